The van der Waals surface area contributed by atoms with Gasteiger partial charge in [-0.25, -0.2) is 9.97 Å². The van der Waals surface area contributed by atoms with E-state index in [1.165, 1.54) is 11.9 Å². The zero-order valence-electron chi connectivity index (χ0n) is 18.2. The third-order valence-corrected chi connectivity index (χ3v) is 5.91. The summed E-state index contributed by atoms with van der Waals surface area (Å²) in [6.07, 6.45) is 5.90. The van der Waals surface area contributed by atoms with Crippen molar-refractivity contribution in [3.05, 3.63) is 41.7 Å². The Morgan fingerprint density at radius 1 is 1.10 bits per heavy atom. The molecule has 2 aromatic rings. The lowest BCUT2D eigenvalue weighted by molar-refractivity contribution is -0.119. The number of nitrogens with zero attached hydrogens (tertiary/aromatic N) is 3. The standard InChI is InChI=1S/C23H31N5O3/c1-3-28(23(30)20-21(25)26-14-27-22(20)31-4-2)18-11-9-17(10-12-18)16-7-5-15(6-8-16)13-19(24)29/h9-12,14-16H,3-8,13H2,1-2H3,(H2,24,29)(H2,25,26,27). The van der Waals surface area contributed by atoms with Crippen LogP contribution in [0.15, 0.2) is 30.6 Å². The minimum absolute atomic E-state index is 0.103. The van der Waals surface area contributed by atoms with Gasteiger partial charge in [0.2, 0.25) is 11.8 Å². The normalized spacial score (nSPS) is 18.4. The number of nitrogen functional groups attached to an aromatic ring is 1. The van der Waals surface area contributed by atoms with Crippen LogP contribution in [-0.4, -0.2) is 34.9 Å². The Kier molecular flexibility index (Phi) is 7.44. The van der Waals surface area contributed by atoms with Gasteiger partial charge in [-0.3, -0.25) is 9.59 Å². The summed E-state index contributed by atoms with van der Waals surface area (Å²) in [5.74, 6) is 0.665. The monoisotopic (exact) mass is 425 g/mol. The molecule has 0 unspecified atom stereocenters. The van der Waals surface area contributed by atoms with Crippen molar-refractivity contribution in [2.75, 3.05) is 23.8 Å². The molecule has 31 heavy (non-hydrogen) atoms. The molecule has 3 rings (SSSR count). The molecule has 1 aliphatic carbocycles. The Morgan fingerprint density at radius 2 is 1.77 bits per heavy atom. The first-order valence-electron chi connectivity index (χ1n) is 10.9. The maximum absolute atomic E-state index is 13.3. The number of benzene rings is 1. The van der Waals surface area contributed by atoms with Crippen LogP contribution in [0.5, 0.6) is 5.88 Å². The number of amides is 2. The van der Waals surface area contributed by atoms with Crippen LogP contribution in [0, 0.1) is 5.92 Å². The van der Waals surface area contributed by atoms with Crippen LogP contribution in [0.3, 0.4) is 0 Å². The number of carbonyl (C=O) groups excluding carboxylic acids is 2. The number of hydrogen-bond donors (Lipinski definition) is 2. The molecule has 1 heterocycles. The summed E-state index contributed by atoms with van der Waals surface area (Å²) in [6.45, 7) is 4.58. The van der Waals surface area contributed by atoms with Crippen LogP contribution in [-0.2, 0) is 4.79 Å². The van der Waals surface area contributed by atoms with E-state index in [0.29, 0.717) is 31.4 Å². The summed E-state index contributed by atoms with van der Waals surface area (Å²) in [7, 11) is 0. The molecule has 0 radical (unpaired) electrons. The Hall–Kier alpha value is -3.16. The fourth-order valence-corrected chi connectivity index (χ4v) is 4.32. The van der Waals surface area contributed by atoms with E-state index in [0.717, 1.165) is 31.4 Å². The first kappa shape index (κ1) is 22.5. The Morgan fingerprint density at radius 3 is 2.35 bits per heavy atom. The smallest absolute Gasteiger partial charge is 0.267 e. The highest BCUT2D eigenvalue weighted by Crippen LogP contribution is 2.37. The van der Waals surface area contributed by atoms with Crippen LogP contribution in [0.2, 0.25) is 0 Å². The van der Waals surface area contributed by atoms with Crippen molar-refractivity contribution >= 4 is 23.3 Å². The lowest BCUT2D eigenvalue weighted by Crippen LogP contribution is -2.32. The zero-order valence-corrected chi connectivity index (χ0v) is 18.2. The zero-order chi connectivity index (χ0) is 22.4. The quantitative estimate of drug-likeness (QED) is 0.669. The average Bonchev–Trinajstić information content (AvgIpc) is 2.75. The minimum atomic E-state index is -0.288. The first-order valence-corrected chi connectivity index (χ1v) is 10.9. The molecular weight excluding hydrogens is 394 g/mol. The van der Waals surface area contributed by atoms with Crippen LogP contribution in [0.4, 0.5) is 11.5 Å². The number of hydrogen-bond acceptors (Lipinski definition) is 6. The largest absolute Gasteiger partial charge is 0.477 e. The average molecular weight is 426 g/mol. The summed E-state index contributed by atoms with van der Waals surface area (Å²) < 4.78 is 5.49. The summed E-state index contributed by atoms with van der Waals surface area (Å²) >= 11 is 0. The Labute approximate surface area is 183 Å². The number of primary amides is 1. The second kappa shape index (κ2) is 10.2. The molecule has 0 atom stereocenters. The van der Waals surface area contributed by atoms with Gasteiger partial charge in [-0.15, -0.1) is 0 Å². The summed E-state index contributed by atoms with van der Waals surface area (Å²) in [6, 6.07) is 8.09. The highest BCUT2D eigenvalue weighted by molar-refractivity contribution is 6.10. The molecule has 1 aromatic heterocycles. The Bertz CT molecular complexity index is 908. The van der Waals surface area contributed by atoms with Gasteiger partial charge >= 0.3 is 0 Å². The molecule has 8 nitrogen and oxygen atoms in total. The molecule has 1 fully saturated rings. The van der Waals surface area contributed by atoms with Gasteiger partial charge in [0.1, 0.15) is 17.7 Å². The van der Waals surface area contributed by atoms with Gasteiger partial charge in [0.05, 0.1) is 6.61 Å². The van der Waals surface area contributed by atoms with E-state index in [4.69, 9.17) is 16.2 Å². The van der Waals surface area contributed by atoms with E-state index in [2.05, 4.69) is 22.1 Å². The van der Waals surface area contributed by atoms with Gasteiger partial charge in [0.25, 0.3) is 5.91 Å². The van der Waals surface area contributed by atoms with Crippen LogP contribution < -0.4 is 21.1 Å². The fraction of sp³-hybridized carbons (Fsp3) is 0.478. The van der Waals surface area contributed by atoms with E-state index in [-0.39, 0.29) is 29.1 Å². The summed E-state index contributed by atoms with van der Waals surface area (Å²) in [5, 5.41) is 0. The molecular formula is C23H31N5O3. The fourth-order valence-electron chi connectivity index (χ4n) is 4.32. The lowest BCUT2D eigenvalue weighted by Gasteiger charge is -2.28. The van der Waals surface area contributed by atoms with E-state index in [1.807, 2.05) is 26.0 Å². The van der Waals surface area contributed by atoms with Crippen LogP contribution >= 0.6 is 0 Å². The molecule has 0 saturated heterocycles. The maximum Gasteiger partial charge on any atom is 0.267 e. The summed E-state index contributed by atoms with van der Waals surface area (Å²) in [4.78, 5) is 34.1. The van der Waals surface area contributed by atoms with Crippen molar-refractivity contribution < 1.29 is 14.3 Å². The number of ether oxygens (including phenoxy) is 1. The lowest BCUT2D eigenvalue weighted by atomic mass is 9.77. The topological polar surface area (TPSA) is 124 Å². The van der Waals surface area contributed by atoms with Crippen molar-refractivity contribution in [1.29, 1.82) is 0 Å². The van der Waals surface area contributed by atoms with Crippen LogP contribution in [0.1, 0.15) is 67.8 Å². The van der Waals surface area contributed by atoms with Gasteiger partial charge in [0.15, 0.2) is 0 Å². The molecule has 0 bridgehead atoms. The number of anilines is 2. The predicted octanol–water partition coefficient (Wildman–Crippen LogP) is 3.27. The predicted molar refractivity (Wildman–Crippen MR) is 120 cm³/mol. The molecule has 1 aliphatic rings. The molecule has 1 saturated carbocycles. The van der Waals surface area contributed by atoms with Crippen molar-refractivity contribution in [3.8, 4) is 5.88 Å². The second-order valence-electron chi connectivity index (χ2n) is 7.90. The SMILES string of the molecule is CCOc1ncnc(N)c1C(=O)N(CC)c1ccc(C2CCC(CC(N)=O)CC2)cc1. The van der Waals surface area contributed by atoms with Crippen molar-refractivity contribution in [2.24, 2.45) is 11.7 Å². The van der Waals surface area contributed by atoms with E-state index in [1.54, 1.807) is 4.90 Å². The van der Waals surface area contributed by atoms with E-state index in [9.17, 15) is 9.59 Å². The van der Waals surface area contributed by atoms with Crippen molar-refractivity contribution in [3.63, 3.8) is 0 Å². The highest BCUT2D eigenvalue weighted by atomic mass is 16.5. The molecule has 2 amide bonds. The molecule has 0 aliphatic heterocycles. The van der Waals surface area contributed by atoms with Gasteiger partial charge in [0, 0.05) is 18.7 Å². The van der Waals surface area contributed by atoms with Gasteiger partial charge in [-0.2, -0.15) is 0 Å². The third-order valence-electron chi connectivity index (χ3n) is 5.91. The van der Waals surface area contributed by atoms with Gasteiger partial charge in [-0.1, -0.05) is 12.1 Å². The van der Waals surface area contributed by atoms with E-state index >= 15 is 0 Å². The second-order valence-corrected chi connectivity index (χ2v) is 7.90. The summed E-state index contributed by atoms with van der Waals surface area (Å²) in [5.41, 5.74) is 13.5. The molecule has 0 spiro atoms. The molecule has 8 heteroatoms. The van der Waals surface area contributed by atoms with Gasteiger partial charge < -0.3 is 21.1 Å². The Balaban J connectivity index is 1.74. The van der Waals surface area contributed by atoms with Crippen molar-refractivity contribution in [1.82, 2.24) is 9.97 Å². The number of nitrogens with two attached hydrogens (primary N) is 2. The maximum atomic E-state index is 13.3. The molecule has 166 valence electrons. The number of carbonyl (C=O) groups is 2. The first-order chi connectivity index (χ1) is 14.9. The van der Waals surface area contributed by atoms with Crippen LogP contribution in [0.25, 0.3) is 0 Å². The number of aromatic nitrogens is 2. The van der Waals surface area contributed by atoms with Crippen molar-refractivity contribution in [2.45, 2.75) is 51.9 Å². The minimum Gasteiger partial charge on any atom is -0.477 e. The molecule has 4 N–H and O–H groups in total. The number of rotatable bonds is 8. The van der Waals surface area contributed by atoms with Gasteiger partial charge in [-0.05, 0) is 69.1 Å². The molecule has 1 aromatic carbocycles. The highest BCUT2D eigenvalue weighted by Gasteiger charge is 2.26. The third kappa shape index (κ3) is 5.31. The van der Waals surface area contributed by atoms with E-state index < -0.39 is 0 Å².